The Morgan fingerprint density at radius 2 is 1.82 bits per heavy atom. The fourth-order valence-corrected chi connectivity index (χ4v) is 4.09. The summed E-state index contributed by atoms with van der Waals surface area (Å²) in [6.07, 6.45) is 4.06. The van der Waals surface area contributed by atoms with E-state index in [4.69, 9.17) is 11.6 Å². The van der Waals surface area contributed by atoms with E-state index in [1.54, 1.807) is 12.3 Å². The minimum Gasteiger partial charge on any atom is -0.379 e. The molecule has 2 aromatic heterocycles. The zero-order chi connectivity index (χ0) is 24.1. The number of pyridine rings is 1. The Morgan fingerprint density at radius 3 is 2.59 bits per heavy atom. The second-order valence-corrected chi connectivity index (χ2v) is 9.64. The van der Waals surface area contributed by atoms with Gasteiger partial charge in [0.1, 0.15) is 5.69 Å². The van der Waals surface area contributed by atoms with Crippen molar-refractivity contribution in [3.05, 3.63) is 89.2 Å². The molecule has 4 N–H and O–H groups in total. The monoisotopic (exact) mass is 496 g/mol. The van der Waals surface area contributed by atoms with Gasteiger partial charge in [-0.15, -0.1) is 0 Å². The van der Waals surface area contributed by atoms with E-state index < -0.39 is 15.9 Å². The quantitative estimate of drug-likeness (QED) is 0.287. The summed E-state index contributed by atoms with van der Waals surface area (Å²) in [7, 11) is -3.51. The molecule has 0 aliphatic heterocycles. The number of nitrogens with zero attached hydrogens (tertiary/aromatic N) is 2. The van der Waals surface area contributed by atoms with E-state index in [1.165, 1.54) is 24.4 Å². The summed E-state index contributed by atoms with van der Waals surface area (Å²) >= 11 is 6.10. The van der Waals surface area contributed by atoms with Crippen LogP contribution < -0.4 is 15.4 Å². The van der Waals surface area contributed by atoms with Gasteiger partial charge < -0.3 is 10.6 Å². The number of aromatic nitrogens is 3. The molecule has 4 aromatic rings. The minimum absolute atomic E-state index is 0.231. The molecule has 0 aliphatic carbocycles. The van der Waals surface area contributed by atoms with Gasteiger partial charge in [0.15, 0.2) is 0 Å². The van der Waals surface area contributed by atoms with Crippen molar-refractivity contribution in [3.63, 3.8) is 0 Å². The summed E-state index contributed by atoms with van der Waals surface area (Å²) in [5, 5.41) is 13.2. The van der Waals surface area contributed by atoms with Crippen molar-refractivity contribution in [2.45, 2.75) is 6.54 Å². The Balaban J connectivity index is 1.57. The molecule has 0 bridgehead atoms. The summed E-state index contributed by atoms with van der Waals surface area (Å²) in [5.41, 5.74) is 3.61. The highest BCUT2D eigenvalue weighted by molar-refractivity contribution is 7.92. The highest BCUT2D eigenvalue weighted by Crippen LogP contribution is 2.29. The van der Waals surface area contributed by atoms with Crippen LogP contribution in [0.15, 0.2) is 73.1 Å². The van der Waals surface area contributed by atoms with Crippen LogP contribution >= 0.6 is 11.6 Å². The van der Waals surface area contributed by atoms with Gasteiger partial charge in [-0.25, -0.2) is 8.42 Å². The number of aromatic amines is 1. The number of sulfonamides is 1. The Morgan fingerprint density at radius 1 is 1.06 bits per heavy atom. The zero-order valence-electron chi connectivity index (χ0n) is 18.0. The zero-order valence-corrected chi connectivity index (χ0v) is 19.6. The highest BCUT2D eigenvalue weighted by atomic mass is 35.5. The van der Waals surface area contributed by atoms with Crippen LogP contribution in [0.5, 0.6) is 0 Å². The van der Waals surface area contributed by atoms with Crippen molar-refractivity contribution in [3.8, 4) is 11.4 Å². The van der Waals surface area contributed by atoms with E-state index in [-0.39, 0.29) is 16.3 Å². The van der Waals surface area contributed by atoms with Crippen LogP contribution in [0.1, 0.15) is 15.9 Å². The molecular weight excluding hydrogens is 476 g/mol. The third-order valence-electron chi connectivity index (χ3n) is 4.71. The molecule has 34 heavy (non-hydrogen) atoms. The third kappa shape index (κ3) is 5.91. The minimum atomic E-state index is -3.51. The lowest BCUT2D eigenvalue weighted by Crippen LogP contribution is -2.14. The molecule has 1 amide bonds. The lowest BCUT2D eigenvalue weighted by Gasteiger charge is -2.12. The maximum absolute atomic E-state index is 13.1. The van der Waals surface area contributed by atoms with Crippen LogP contribution in [0.4, 0.5) is 17.1 Å². The number of rotatable bonds is 8. The van der Waals surface area contributed by atoms with E-state index in [9.17, 15) is 13.2 Å². The van der Waals surface area contributed by atoms with Gasteiger partial charge in [-0.3, -0.25) is 19.6 Å². The van der Waals surface area contributed by atoms with E-state index >= 15 is 0 Å². The summed E-state index contributed by atoms with van der Waals surface area (Å²) < 4.78 is 25.4. The van der Waals surface area contributed by atoms with E-state index in [0.717, 1.165) is 17.5 Å². The number of benzene rings is 2. The average molecular weight is 497 g/mol. The van der Waals surface area contributed by atoms with Gasteiger partial charge in [0.25, 0.3) is 5.91 Å². The molecule has 174 valence electrons. The standard InChI is InChI=1S/C23H21ClN6O3S/c1-34(32,33)30-18-11-16(24)10-17(12-18)28-23(31)19-14-27-29-21(19)22-20(8-5-9-25-22)26-13-15-6-3-2-4-7-15/h2-12,14,26,30H,13H2,1H3,(H,27,29)(H,28,31). The first-order valence-corrected chi connectivity index (χ1v) is 12.4. The van der Waals surface area contributed by atoms with Gasteiger partial charge in [0, 0.05) is 23.5 Å². The van der Waals surface area contributed by atoms with Crippen LogP contribution in [0.3, 0.4) is 0 Å². The smallest absolute Gasteiger partial charge is 0.259 e. The van der Waals surface area contributed by atoms with Crippen molar-refractivity contribution in [1.82, 2.24) is 15.2 Å². The second-order valence-electron chi connectivity index (χ2n) is 7.45. The molecule has 9 nitrogen and oxygen atoms in total. The molecule has 0 radical (unpaired) electrons. The van der Waals surface area contributed by atoms with Crippen molar-refractivity contribution in [2.24, 2.45) is 0 Å². The van der Waals surface area contributed by atoms with Crippen molar-refractivity contribution < 1.29 is 13.2 Å². The van der Waals surface area contributed by atoms with E-state index in [2.05, 4.69) is 30.5 Å². The van der Waals surface area contributed by atoms with E-state index in [0.29, 0.717) is 23.6 Å². The molecule has 2 aromatic carbocycles. The van der Waals surface area contributed by atoms with Crippen LogP contribution in [0.2, 0.25) is 5.02 Å². The maximum Gasteiger partial charge on any atom is 0.259 e. The fraction of sp³-hybridized carbons (Fsp3) is 0.0870. The Bertz CT molecular complexity index is 1420. The van der Waals surface area contributed by atoms with Gasteiger partial charge in [-0.2, -0.15) is 5.10 Å². The Hall–Kier alpha value is -3.89. The predicted octanol–water partition coefficient (Wildman–Crippen LogP) is 4.36. The van der Waals surface area contributed by atoms with Crippen LogP contribution in [0, 0.1) is 0 Å². The molecule has 0 fully saturated rings. The number of halogens is 1. The lowest BCUT2D eigenvalue weighted by atomic mass is 10.1. The van der Waals surface area contributed by atoms with Crippen LogP contribution in [-0.4, -0.2) is 35.8 Å². The maximum atomic E-state index is 13.1. The summed E-state index contributed by atoms with van der Waals surface area (Å²) in [6.45, 7) is 0.577. The first-order chi connectivity index (χ1) is 16.3. The van der Waals surface area contributed by atoms with Gasteiger partial charge in [0.05, 0.1) is 35.1 Å². The van der Waals surface area contributed by atoms with Gasteiger partial charge in [-0.1, -0.05) is 41.9 Å². The molecule has 0 saturated carbocycles. The van der Waals surface area contributed by atoms with Gasteiger partial charge in [-0.05, 0) is 35.9 Å². The number of amides is 1. The molecule has 0 unspecified atom stereocenters. The molecule has 2 heterocycles. The molecule has 11 heteroatoms. The summed E-state index contributed by atoms with van der Waals surface area (Å²) in [5.74, 6) is -0.462. The first-order valence-electron chi connectivity index (χ1n) is 10.1. The average Bonchev–Trinajstić information content (AvgIpc) is 3.27. The molecule has 0 aliphatic rings. The molecule has 0 saturated heterocycles. The number of carbonyl (C=O) groups excluding carboxylic acids is 1. The van der Waals surface area contributed by atoms with Gasteiger partial charge >= 0.3 is 0 Å². The number of anilines is 3. The number of H-pyrrole nitrogens is 1. The normalized spacial score (nSPS) is 11.1. The molecule has 0 spiro atoms. The topological polar surface area (TPSA) is 129 Å². The molecule has 4 rings (SSSR count). The summed E-state index contributed by atoms with van der Waals surface area (Å²) in [4.78, 5) is 17.5. The summed E-state index contributed by atoms with van der Waals surface area (Å²) in [6, 6.07) is 18.0. The number of carbonyl (C=O) groups is 1. The van der Waals surface area contributed by atoms with Crippen LogP contribution in [0.25, 0.3) is 11.4 Å². The second kappa shape index (κ2) is 9.94. The molecular formula is C23H21ClN6O3S. The number of hydrogen-bond acceptors (Lipinski definition) is 6. The SMILES string of the molecule is CS(=O)(=O)Nc1cc(Cl)cc(NC(=O)c2cn[nH]c2-c2ncccc2NCc2ccccc2)c1. The number of hydrogen-bond donors (Lipinski definition) is 4. The predicted molar refractivity (Wildman–Crippen MR) is 133 cm³/mol. The first kappa shape index (κ1) is 23.3. The highest BCUT2D eigenvalue weighted by Gasteiger charge is 2.19. The fourth-order valence-electron chi connectivity index (χ4n) is 3.31. The third-order valence-corrected chi connectivity index (χ3v) is 5.54. The Labute approximate surface area is 201 Å². The lowest BCUT2D eigenvalue weighted by molar-refractivity contribution is 0.102. The van der Waals surface area contributed by atoms with Crippen molar-refractivity contribution in [1.29, 1.82) is 0 Å². The van der Waals surface area contributed by atoms with E-state index in [1.807, 2.05) is 36.4 Å². The largest absolute Gasteiger partial charge is 0.379 e. The van der Waals surface area contributed by atoms with Crippen molar-refractivity contribution >= 4 is 44.6 Å². The van der Waals surface area contributed by atoms with Crippen molar-refractivity contribution in [2.75, 3.05) is 21.6 Å². The number of nitrogens with one attached hydrogen (secondary N) is 4. The molecule has 0 atom stereocenters. The Kier molecular flexibility index (Phi) is 6.80. The van der Waals surface area contributed by atoms with Crippen LogP contribution in [-0.2, 0) is 16.6 Å². The van der Waals surface area contributed by atoms with Gasteiger partial charge in [0.2, 0.25) is 10.0 Å².